The summed E-state index contributed by atoms with van der Waals surface area (Å²) in [5.41, 5.74) is -0.192. The number of nitrogens with zero attached hydrogens (tertiary/aromatic N) is 2. The fraction of sp³-hybridized carbons (Fsp3) is 0.647. The van der Waals surface area contributed by atoms with E-state index in [1.165, 1.54) is 11.3 Å². The minimum atomic E-state index is -0.192. The molecule has 1 aromatic heterocycles. The SMILES string of the molecule is O=C(CC1COC2(C1)CN(C(=O)c1cccs1)C2)N1CCCC1. The smallest absolute Gasteiger partial charge is 0.264 e. The Kier molecular flexibility index (Phi) is 3.89. The first-order chi connectivity index (χ1) is 11.2. The van der Waals surface area contributed by atoms with Gasteiger partial charge in [0.15, 0.2) is 0 Å². The molecule has 1 unspecified atom stereocenters. The lowest BCUT2D eigenvalue weighted by Crippen LogP contribution is -2.63. The molecular weight excluding hydrogens is 312 g/mol. The van der Waals surface area contributed by atoms with E-state index in [9.17, 15) is 9.59 Å². The van der Waals surface area contributed by atoms with Crippen molar-refractivity contribution in [1.29, 1.82) is 0 Å². The zero-order chi connectivity index (χ0) is 15.9. The molecule has 4 heterocycles. The van der Waals surface area contributed by atoms with Crippen molar-refractivity contribution in [2.45, 2.75) is 31.3 Å². The maximum Gasteiger partial charge on any atom is 0.264 e. The molecule has 5 nitrogen and oxygen atoms in total. The molecule has 2 amide bonds. The molecule has 0 N–H and O–H groups in total. The third-order valence-electron chi connectivity index (χ3n) is 5.19. The van der Waals surface area contributed by atoms with Crippen LogP contribution in [-0.4, -0.2) is 60.0 Å². The van der Waals surface area contributed by atoms with E-state index >= 15 is 0 Å². The monoisotopic (exact) mass is 334 g/mol. The van der Waals surface area contributed by atoms with Crippen molar-refractivity contribution in [3.8, 4) is 0 Å². The number of rotatable bonds is 3. The highest BCUT2D eigenvalue weighted by atomic mass is 32.1. The van der Waals surface area contributed by atoms with Gasteiger partial charge < -0.3 is 14.5 Å². The van der Waals surface area contributed by atoms with Crippen molar-refractivity contribution in [1.82, 2.24) is 9.80 Å². The molecule has 1 aromatic rings. The van der Waals surface area contributed by atoms with Crippen molar-refractivity contribution in [3.63, 3.8) is 0 Å². The van der Waals surface area contributed by atoms with Crippen LogP contribution in [0, 0.1) is 5.92 Å². The Labute approximate surface area is 140 Å². The van der Waals surface area contributed by atoms with Gasteiger partial charge in [0.1, 0.15) is 5.60 Å². The topological polar surface area (TPSA) is 49.9 Å². The molecule has 1 spiro atoms. The van der Waals surface area contributed by atoms with Crippen LogP contribution < -0.4 is 0 Å². The maximum atomic E-state index is 12.3. The van der Waals surface area contributed by atoms with E-state index in [4.69, 9.17) is 4.74 Å². The molecule has 3 saturated heterocycles. The van der Waals surface area contributed by atoms with Crippen LogP contribution in [0.1, 0.15) is 35.4 Å². The number of ether oxygens (including phenoxy) is 1. The van der Waals surface area contributed by atoms with Gasteiger partial charge in [0.25, 0.3) is 5.91 Å². The van der Waals surface area contributed by atoms with Gasteiger partial charge in [-0.1, -0.05) is 6.07 Å². The van der Waals surface area contributed by atoms with Crippen molar-refractivity contribution >= 4 is 23.2 Å². The molecule has 0 aliphatic carbocycles. The van der Waals surface area contributed by atoms with E-state index < -0.39 is 0 Å². The van der Waals surface area contributed by atoms with E-state index in [-0.39, 0.29) is 17.4 Å². The fourth-order valence-corrected chi connectivity index (χ4v) is 4.67. The van der Waals surface area contributed by atoms with Crippen molar-refractivity contribution in [2.75, 3.05) is 32.8 Å². The Morgan fingerprint density at radius 3 is 2.74 bits per heavy atom. The number of thiophene rings is 1. The standard InChI is InChI=1S/C17H22N2O3S/c20-15(18-5-1-2-6-18)8-13-9-17(22-10-13)11-19(12-17)16(21)14-4-3-7-23-14/h3-4,7,13H,1-2,5-6,8-12H2. The van der Waals surface area contributed by atoms with Crippen LogP contribution in [0.15, 0.2) is 17.5 Å². The lowest BCUT2D eigenvalue weighted by atomic mass is 9.85. The van der Waals surface area contributed by atoms with E-state index in [2.05, 4.69) is 0 Å². The summed E-state index contributed by atoms with van der Waals surface area (Å²) in [5, 5.41) is 1.93. The van der Waals surface area contributed by atoms with Crippen LogP contribution in [-0.2, 0) is 9.53 Å². The summed E-state index contributed by atoms with van der Waals surface area (Å²) in [6, 6.07) is 3.77. The number of carbonyl (C=O) groups excluding carboxylic acids is 2. The van der Waals surface area contributed by atoms with Gasteiger partial charge in [-0.15, -0.1) is 11.3 Å². The highest BCUT2D eigenvalue weighted by Crippen LogP contribution is 2.40. The Balaban J connectivity index is 1.28. The largest absolute Gasteiger partial charge is 0.371 e. The number of amides is 2. The van der Waals surface area contributed by atoms with Gasteiger partial charge >= 0.3 is 0 Å². The Hall–Kier alpha value is -1.40. The number of hydrogen-bond donors (Lipinski definition) is 0. The van der Waals surface area contributed by atoms with Gasteiger partial charge in [0.05, 0.1) is 24.6 Å². The first-order valence-corrected chi connectivity index (χ1v) is 9.28. The molecular formula is C17H22N2O3S. The van der Waals surface area contributed by atoms with Crippen LogP contribution in [0.4, 0.5) is 0 Å². The predicted octanol–water partition coefficient (Wildman–Crippen LogP) is 1.99. The number of likely N-dealkylation sites (tertiary alicyclic amines) is 2. The lowest BCUT2D eigenvalue weighted by Gasteiger charge is -2.47. The summed E-state index contributed by atoms with van der Waals surface area (Å²) in [7, 11) is 0. The van der Waals surface area contributed by atoms with E-state index in [1.54, 1.807) is 0 Å². The van der Waals surface area contributed by atoms with Crippen molar-refractivity contribution in [2.24, 2.45) is 5.92 Å². The first-order valence-electron chi connectivity index (χ1n) is 8.40. The minimum absolute atomic E-state index is 0.103. The molecule has 1 atom stereocenters. The summed E-state index contributed by atoms with van der Waals surface area (Å²) in [6.07, 6.45) is 3.77. The summed E-state index contributed by atoms with van der Waals surface area (Å²) in [6.45, 7) is 3.82. The molecule has 0 saturated carbocycles. The quantitative estimate of drug-likeness (QED) is 0.849. The fourth-order valence-electron chi connectivity index (χ4n) is 3.98. The van der Waals surface area contributed by atoms with E-state index in [0.717, 1.165) is 37.2 Å². The first kappa shape index (κ1) is 15.1. The minimum Gasteiger partial charge on any atom is -0.371 e. The molecule has 0 radical (unpaired) electrons. The van der Waals surface area contributed by atoms with E-state index in [0.29, 0.717) is 32.0 Å². The third kappa shape index (κ3) is 2.90. The second kappa shape index (κ2) is 5.91. The Morgan fingerprint density at radius 2 is 2.04 bits per heavy atom. The highest BCUT2D eigenvalue weighted by Gasteiger charge is 2.51. The summed E-state index contributed by atoms with van der Waals surface area (Å²) >= 11 is 1.48. The van der Waals surface area contributed by atoms with Gasteiger partial charge in [0, 0.05) is 19.5 Å². The normalized spacial score (nSPS) is 25.8. The zero-order valence-corrected chi connectivity index (χ0v) is 14.0. The third-order valence-corrected chi connectivity index (χ3v) is 6.04. The second-order valence-electron chi connectivity index (χ2n) is 6.99. The summed E-state index contributed by atoms with van der Waals surface area (Å²) < 4.78 is 5.99. The number of carbonyl (C=O) groups is 2. The highest BCUT2D eigenvalue weighted by molar-refractivity contribution is 7.12. The molecule has 3 aliphatic heterocycles. The second-order valence-corrected chi connectivity index (χ2v) is 7.94. The molecule has 0 aromatic carbocycles. The molecule has 3 aliphatic rings. The average Bonchev–Trinajstić information content (AvgIpc) is 3.25. The van der Waals surface area contributed by atoms with Crippen LogP contribution >= 0.6 is 11.3 Å². The Morgan fingerprint density at radius 1 is 1.26 bits per heavy atom. The van der Waals surface area contributed by atoms with Gasteiger partial charge in [0.2, 0.25) is 5.91 Å². The predicted molar refractivity (Wildman–Crippen MR) is 87.4 cm³/mol. The molecule has 4 rings (SSSR count). The number of hydrogen-bond acceptors (Lipinski definition) is 4. The lowest BCUT2D eigenvalue weighted by molar-refractivity contribution is -0.131. The zero-order valence-electron chi connectivity index (χ0n) is 13.2. The summed E-state index contributed by atoms with van der Waals surface area (Å²) in [5.74, 6) is 0.687. The van der Waals surface area contributed by atoms with Gasteiger partial charge in [-0.3, -0.25) is 9.59 Å². The molecule has 3 fully saturated rings. The van der Waals surface area contributed by atoms with Crippen LogP contribution in [0.3, 0.4) is 0 Å². The molecule has 6 heteroatoms. The van der Waals surface area contributed by atoms with Crippen molar-refractivity contribution < 1.29 is 14.3 Å². The van der Waals surface area contributed by atoms with Crippen LogP contribution in [0.25, 0.3) is 0 Å². The van der Waals surface area contributed by atoms with Gasteiger partial charge in [-0.25, -0.2) is 0 Å². The van der Waals surface area contributed by atoms with Crippen LogP contribution in [0.5, 0.6) is 0 Å². The Bertz CT molecular complexity index is 589. The van der Waals surface area contributed by atoms with Crippen molar-refractivity contribution in [3.05, 3.63) is 22.4 Å². The van der Waals surface area contributed by atoms with E-state index in [1.807, 2.05) is 27.3 Å². The van der Waals surface area contributed by atoms with Gasteiger partial charge in [-0.05, 0) is 36.6 Å². The van der Waals surface area contributed by atoms with Crippen LogP contribution in [0.2, 0.25) is 0 Å². The molecule has 23 heavy (non-hydrogen) atoms. The summed E-state index contributed by atoms with van der Waals surface area (Å²) in [4.78, 5) is 29.2. The molecule has 124 valence electrons. The average molecular weight is 334 g/mol. The molecule has 0 bridgehead atoms. The maximum absolute atomic E-state index is 12.3. The van der Waals surface area contributed by atoms with Gasteiger partial charge in [-0.2, -0.15) is 0 Å².